The fourth-order valence-electron chi connectivity index (χ4n) is 2.99. The zero-order valence-corrected chi connectivity index (χ0v) is 14.9. The molecule has 0 aliphatic rings. The first-order valence-corrected chi connectivity index (χ1v) is 8.63. The summed E-state index contributed by atoms with van der Waals surface area (Å²) in [6.07, 6.45) is 1.58. The van der Waals surface area contributed by atoms with E-state index in [2.05, 4.69) is 5.32 Å². The van der Waals surface area contributed by atoms with Gasteiger partial charge in [-0.25, -0.2) is 0 Å². The van der Waals surface area contributed by atoms with Crippen molar-refractivity contribution in [1.29, 1.82) is 0 Å². The number of rotatable bonds is 5. The van der Waals surface area contributed by atoms with Gasteiger partial charge in [-0.15, -0.1) is 0 Å². The second kappa shape index (κ2) is 6.77. The summed E-state index contributed by atoms with van der Waals surface area (Å²) in [5.74, 6) is 1.30. The van der Waals surface area contributed by atoms with Gasteiger partial charge in [0.1, 0.15) is 17.2 Å². The lowest BCUT2D eigenvalue weighted by molar-refractivity contribution is 0.0939. The van der Waals surface area contributed by atoms with Crippen LogP contribution in [0.1, 0.15) is 27.6 Å². The van der Waals surface area contributed by atoms with Crippen LogP contribution in [0.4, 0.5) is 0 Å². The van der Waals surface area contributed by atoms with Gasteiger partial charge in [-0.2, -0.15) is 0 Å². The number of aryl methyl sites for hydroxylation is 1. The van der Waals surface area contributed by atoms with Crippen molar-refractivity contribution in [1.82, 2.24) is 9.88 Å². The van der Waals surface area contributed by atoms with Crippen LogP contribution in [0.5, 0.6) is 0 Å². The topological polar surface area (TPSA) is 60.3 Å². The molecular weight excluding hydrogens is 352 g/mol. The average molecular weight is 369 g/mol. The Morgan fingerprint density at radius 3 is 2.81 bits per heavy atom. The summed E-state index contributed by atoms with van der Waals surface area (Å²) < 4.78 is 12.9. The van der Waals surface area contributed by atoms with Gasteiger partial charge in [-0.1, -0.05) is 29.8 Å². The summed E-state index contributed by atoms with van der Waals surface area (Å²) in [5.41, 5.74) is 3.00. The van der Waals surface area contributed by atoms with Crippen LogP contribution in [0, 0.1) is 6.92 Å². The molecule has 0 spiro atoms. The Labute approximate surface area is 155 Å². The van der Waals surface area contributed by atoms with Crippen LogP contribution in [0.2, 0.25) is 5.02 Å². The van der Waals surface area contributed by atoms with Crippen LogP contribution >= 0.6 is 11.6 Å². The molecule has 0 radical (unpaired) electrons. The molecule has 0 unspecified atom stereocenters. The Morgan fingerprint density at radius 2 is 2.04 bits per heavy atom. The van der Waals surface area contributed by atoms with Gasteiger partial charge in [0.25, 0.3) is 5.91 Å². The summed E-state index contributed by atoms with van der Waals surface area (Å²) >= 11 is 6.31. The lowest BCUT2D eigenvalue weighted by atomic mass is 10.2. The van der Waals surface area contributed by atoms with Gasteiger partial charge < -0.3 is 18.7 Å². The second-order valence-electron chi connectivity index (χ2n) is 6.08. The standard InChI is InChI=1S/C20H17ClN2O3/c1-13-9-17-19(26-13)10-18(20(24)22-11-15-6-4-8-25-15)23(17)12-14-5-2-3-7-16(14)21/h2-10H,11-12H2,1H3,(H,22,24). The van der Waals surface area contributed by atoms with E-state index in [1.807, 2.05) is 47.9 Å². The molecule has 4 rings (SSSR count). The third-order valence-electron chi connectivity index (χ3n) is 4.23. The Hall–Kier alpha value is -2.92. The minimum Gasteiger partial charge on any atom is -0.467 e. The fraction of sp³-hybridized carbons (Fsp3) is 0.150. The van der Waals surface area contributed by atoms with Gasteiger partial charge in [0.2, 0.25) is 0 Å². The molecule has 0 saturated heterocycles. The second-order valence-corrected chi connectivity index (χ2v) is 6.48. The van der Waals surface area contributed by atoms with Crippen LogP contribution in [-0.4, -0.2) is 10.5 Å². The van der Waals surface area contributed by atoms with Crippen LogP contribution in [0.15, 0.2) is 63.6 Å². The Kier molecular flexibility index (Phi) is 4.31. The average Bonchev–Trinajstić information content (AvgIpc) is 3.32. The van der Waals surface area contributed by atoms with Gasteiger partial charge in [0.05, 0.1) is 18.3 Å². The maximum atomic E-state index is 12.7. The number of nitrogens with one attached hydrogen (secondary N) is 1. The van der Waals surface area contributed by atoms with E-state index in [0.29, 0.717) is 35.1 Å². The Balaban J connectivity index is 1.68. The molecule has 0 fully saturated rings. The number of benzene rings is 1. The highest BCUT2D eigenvalue weighted by Gasteiger charge is 2.19. The van der Waals surface area contributed by atoms with E-state index in [4.69, 9.17) is 20.4 Å². The number of halogens is 1. The third-order valence-corrected chi connectivity index (χ3v) is 4.60. The first-order chi connectivity index (χ1) is 12.6. The molecular formula is C20H17ClN2O3. The maximum Gasteiger partial charge on any atom is 0.268 e. The first-order valence-electron chi connectivity index (χ1n) is 8.25. The van der Waals surface area contributed by atoms with Gasteiger partial charge in [-0.05, 0) is 30.7 Å². The summed E-state index contributed by atoms with van der Waals surface area (Å²) in [6.45, 7) is 2.69. The molecule has 132 valence electrons. The molecule has 3 aromatic heterocycles. The van der Waals surface area contributed by atoms with Gasteiger partial charge in [0.15, 0.2) is 5.58 Å². The highest BCUT2D eigenvalue weighted by atomic mass is 35.5. The van der Waals surface area contributed by atoms with Crippen molar-refractivity contribution in [3.63, 3.8) is 0 Å². The highest BCUT2D eigenvalue weighted by Crippen LogP contribution is 2.26. The predicted octanol–water partition coefficient (Wildman–Crippen LogP) is 4.77. The molecule has 1 N–H and O–H groups in total. The lowest BCUT2D eigenvalue weighted by Gasteiger charge is -2.11. The van der Waals surface area contributed by atoms with E-state index >= 15 is 0 Å². The third kappa shape index (κ3) is 3.13. The van der Waals surface area contributed by atoms with Crippen LogP contribution in [0.25, 0.3) is 11.1 Å². The van der Waals surface area contributed by atoms with Crippen molar-refractivity contribution in [2.75, 3.05) is 0 Å². The van der Waals surface area contributed by atoms with Crippen molar-refractivity contribution in [3.8, 4) is 0 Å². The minimum atomic E-state index is -0.197. The Bertz CT molecular complexity index is 1060. The molecule has 3 heterocycles. The molecule has 0 atom stereocenters. The number of hydrogen-bond acceptors (Lipinski definition) is 3. The van der Waals surface area contributed by atoms with Crippen molar-refractivity contribution in [2.45, 2.75) is 20.0 Å². The maximum absolute atomic E-state index is 12.7. The molecule has 0 saturated carbocycles. The Morgan fingerprint density at radius 1 is 1.19 bits per heavy atom. The molecule has 1 aromatic carbocycles. The summed E-state index contributed by atoms with van der Waals surface area (Å²) in [4.78, 5) is 12.7. The van der Waals surface area contributed by atoms with Gasteiger partial charge >= 0.3 is 0 Å². The molecule has 0 bridgehead atoms. The van der Waals surface area contributed by atoms with Gasteiger partial charge in [-0.3, -0.25) is 4.79 Å². The van der Waals surface area contributed by atoms with E-state index in [-0.39, 0.29) is 5.91 Å². The zero-order valence-electron chi connectivity index (χ0n) is 14.2. The summed E-state index contributed by atoms with van der Waals surface area (Å²) in [5, 5.41) is 3.54. The quantitative estimate of drug-likeness (QED) is 0.552. The normalized spacial score (nSPS) is 11.2. The number of fused-ring (bicyclic) bond motifs is 1. The molecule has 1 amide bonds. The molecule has 6 heteroatoms. The van der Waals surface area contributed by atoms with E-state index < -0.39 is 0 Å². The van der Waals surface area contributed by atoms with E-state index in [9.17, 15) is 4.79 Å². The SMILES string of the molecule is Cc1cc2c(cc(C(=O)NCc3ccco3)n2Cc2ccccc2Cl)o1. The monoisotopic (exact) mass is 368 g/mol. The number of amides is 1. The van der Waals surface area contributed by atoms with Crippen molar-refractivity contribution in [3.05, 3.63) is 82.6 Å². The van der Waals surface area contributed by atoms with E-state index in [1.165, 1.54) is 0 Å². The molecule has 26 heavy (non-hydrogen) atoms. The van der Waals surface area contributed by atoms with Crippen LogP contribution < -0.4 is 5.32 Å². The number of hydrogen-bond donors (Lipinski definition) is 1. The first kappa shape index (κ1) is 16.5. The summed E-state index contributed by atoms with van der Waals surface area (Å²) in [6, 6.07) is 14.9. The number of carbonyl (C=O) groups excluding carboxylic acids is 1. The number of carbonyl (C=O) groups is 1. The highest BCUT2D eigenvalue weighted by molar-refractivity contribution is 6.31. The van der Waals surface area contributed by atoms with Gasteiger partial charge in [0, 0.05) is 23.7 Å². The molecule has 0 aliphatic heterocycles. The van der Waals surface area contributed by atoms with Crippen LogP contribution in [-0.2, 0) is 13.1 Å². The zero-order chi connectivity index (χ0) is 18.1. The van der Waals surface area contributed by atoms with Crippen LogP contribution in [0.3, 0.4) is 0 Å². The lowest BCUT2D eigenvalue weighted by Crippen LogP contribution is -2.25. The van der Waals surface area contributed by atoms with E-state index in [1.54, 1.807) is 18.4 Å². The largest absolute Gasteiger partial charge is 0.467 e. The van der Waals surface area contributed by atoms with Crippen molar-refractivity contribution in [2.24, 2.45) is 0 Å². The smallest absolute Gasteiger partial charge is 0.268 e. The van der Waals surface area contributed by atoms with E-state index in [0.717, 1.165) is 16.8 Å². The molecule has 5 nitrogen and oxygen atoms in total. The summed E-state index contributed by atoms with van der Waals surface area (Å²) in [7, 11) is 0. The fourth-order valence-corrected chi connectivity index (χ4v) is 3.19. The van der Waals surface area contributed by atoms with Crippen molar-refractivity contribution >= 4 is 28.6 Å². The molecule has 4 aromatic rings. The predicted molar refractivity (Wildman–Crippen MR) is 99.4 cm³/mol. The number of nitrogens with zero attached hydrogens (tertiary/aromatic N) is 1. The van der Waals surface area contributed by atoms with Crippen molar-refractivity contribution < 1.29 is 13.6 Å². The molecule has 0 aliphatic carbocycles. The number of aromatic nitrogens is 1. The number of furan rings is 2. The minimum absolute atomic E-state index is 0.197.